The van der Waals surface area contributed by atoms with Crippen LogP contribution >= 0.6 is 11.8 Å². The van der Waals surface area contributed by atoms with Crippen LogP contribution in [0.15, 0.2) is 36.5 Å². The quantitative estimate of drug-likeness (QED) is 0.768. The summed E-state index contributed by atoms with van der Waals surface area (Å²) in [7, 11) is -2.90. The van der Waals surface area contributed by atoms with E-state index in [-0.39, 0.29) is 11.6 Å². The van der Waals surface area contributed by atoms with Gasteiger partial charge in [0.15, 0.2) is 0 Å². The predicted octanol–water partition coefficient (Wildman–Crippen LogP) is 2.29. The number of aromatic nitrogens is 2. The molecule has 0 atom stereocenters. The van der Waals surface area contributed by atoms with Crippen LogP contribution in [0.3, 0.4) is 0 Å². The molecular formula is C13H15FN2O2S2. The molecule has 0 aliphatic heterocycles. The van der Waals surface area contributed by atoms with Crippen LogP contribution in [0.25, 0.3) is 5.69 Å². The molecule has 1 aromatic heterocycles. The highest BCUT2D eigenvalue weighted by atomic mass is 32.2. The molecule has 1 aromatic carbocycles. The van der Waals surface area contributed by atoms with Crippen molar-refractivity contribution >= 4 is 21.6 Å². The van der Waals surface area contributed by atoms with Crippen molar-refractivity contribution in [1.82, 2.24) is 9.78 Å². The van der Waals surface area contributed by atoms with E-state index in [0.29, 0.717) is 11.5 Å². The largest absolute Gasteiger partial charge is 0.241 e. The molecule has 4 nitrogen and oxygen atoms in total. The number of sulfone groups is 1. The van der Waals surface area contributed by atoms with Gasteiger partial charge in [0.05, 0.1) is 17.1 Å². The number of thioether (sulfide) groups is 1. The van der Waals surface area contributed by atoms with Crippen molar-refractivity contribution in [1.29, 1.82) is 0 Å². The van der Waals surface area contributed by atoms with Gasteiger partial charge in [0.1, 0.15) is 15.7 Å². The van der Waals surface area contributed by atoms with E-state index in [1.54, 1.807) is 23.0 Å². The fourth-order valence-corrected chi connectivity index (χ4v) is 3.75. The highest BCUT2D eigenvalue weighted by Crippen LogP contribution is 2.13. The van der Waals surface area contributed by atoms with Gasteiger partial charge >= 0.3 is 0 Å². The summed E-state index contributed by atoms with van der Waals surface area (Å²) in [5.74, 6) is 1.11. The third-order valence-electron chi connectivity index (χ3n) is 2.58. The second-order valence-electron chi connectivity index (χ2n) is 4.41. The monoisotopic (exact) mass is 314 g/mol. The summed E-state index contributed by atoms with van der Waals surface area (Å²) < 4.78 is 36.5. The lowest BCUT2D eigenvalue weighted by molar-refractivity contribution is 0.603. The van der Waals surface area contributed by atoms with Gasteiger partial charge in [-0.25, -0.2) is 17.5 Å². The van der Waals surface area contributed by atoms with E-state index in [1.807, 2.05) is 6.07 Å². The van der Waals surface area contributed by atoms with Crippen molar-refractivity contribution in [2.45, 2.75) is 5.75 Å². The second-order valence-corrected chi connectivity index (χ2v) is 7.78. The van der Waals surface area contributed by atoms with Crippen LogP contribution in [0.1, 0.15) is 5.69 Å². The Morgan fingerprint density at radius 3 is 2.60 bits per heavy atom. The summed E-state index contributed by atoms with van der Waals surface area (Å²) in [6.45, 7) is 0. The first-order chi connectivity index (χ1) is 9.44. The number of rotatable bonds is 6. The first-order valence-electron chi connectivity index (χ1n) is 6.00. The van der Waals surface area contributed by atoms with Crippen LogP contribution in [0.4, 0.5) is 4.39 Å². The molecule has 0 amide bonds. The molecule has 108 valence electrons. The molecule has 0 N–H and O–H groups in total. The van der Waals surface area contributed by atoms with Crippen molar-refractivity contribution in [3.63, 3.8) is 0 Å². The van der Waals surface area contributed by atoms with Crippen molar-refractivity contribution < 1.29 is 12.8 Å². The summed E-state index contributed by atoms with van der Waals surface area (Å²) >= 11 is 1.53. The Hall–Kier alpha value is -1.34. The minimum atomic E-state index is -2.90. The van der Waals surface area contributed by atoms with Crippen molar-refractivity contribution in [2.75, 3.05) is 17.8 Å². The van der Waals surface area contributed by atoms with Gasteiger partial charge in [0.2, 0.25) is 0 Å². The Labute approximate surface area is 121 Å². The fraction of sp³-hybridized carbons (Fsp3) is 0.308. The molecule has 2 rings (SSSR count). The third-order valence-corrected chi connectivity index (χ3v) is 4.78. The maximum absolute atomic E-state index is 12.8. The van der Waals surface area contributed by atoms with Gasteiger partial charge in [-0.3, -0.25) is 0 Å². The lowest BCUT2D eigenvalue weighted by Gasteiger charge is -2.01. The topological polar surface area (TPSA) is 52.0 Å². The Morgan fingerprint density at radius 2 is 1.95 bits per heavy atom. The maximum atomic E-state index is 12.8. The summed E-state index contributed by atoms with van der Waals surface area (Å²) in [4.78, 5) is 0. The molecule has 0 radical (unpaired) electrons. The minimum absolute atomic E-state index is 0.177. The van der Waals surface area contributed by atoms with Crippen molar-refractivity contribution in [2.24, 2.45) is 0 Å². The van der Waals surface area contributed by atoms with E-state index in [1.165, 1.54) is 30.2 Å². The molecule has 2 aromatic rings. The van der Waals surface area contributed by atoms with Gasteiger partial charge in [-0.05, 0) is 30.3 Å². The minimum Gasteiger partial charge on any atom is -0.241 e. The van der Waals surface area contributed by atoms with E-state index in [0.717, 1.165) is 11.4 Å². The maximum Gasteiger partial charge on any atom is 0.148 e. The first-order valence-corrected chi connectivity index (χ1v) is 9.21. The molecule has 0 spiro atoms. The van der Waals surface area contributed by atoms with Crippen LogP contribution < -0.4 is 0 Å². The number of benzene rings is 1. The Kier molecular flexibility index (Phi) is 4.82. The zero-order valence-corrected chi connectivity index (χ0v) is 12.6. The number of hydrogen-bond acceptors (Lipinski definition) is 4. The van der Waals surface area contributed by atoms with E-state index in [9.17, 15) is 12.8 Å². The van der Waals surface area contributed by atoms with E-state index in [2.05, 4.69) is 5.10 Å². The molecule has 7 heteroatoms. The highest BCUT2D eigenvalue weighted by molar-refractivity contribution is 7.99. The lowest BCUT2D eigenvalue weighted by Crippen LogP contribution is -2.05. The van der Waals surface area contributed by atoms with Gasteiger partial charge in [0, 0.05) is 24.0 Å². The van der Waals surface area contributed by atoms with E-state index < -0.39 is 9.84 Å². The van der Waals surface area contributed by atoms with Crippen LogP contribution in [-0.4, -0.2) is 36.0 Å². The average molecular weight is 314 g/mol. The van der Waals surface area contributed by atoms with Crippen LogP contribution in [0, 0.1) is 5.82 Å². The Balaban J connectivity index is 1.91. The van der Waals surface area contributed by atoms with Gasteiger partial charge in [0.25, 0.3) is 0 Å². The van der Waals surface area contributed by atoms with Crippen LogP contribution in [0.5, 0.6) is 0 Å². The van der Waals surface area contributed by atoms with Crippen LogP contribution in [0.2, 0.25) is 0 Å². The van der Waals surface area contributed by atoms with Gasteiger partial charge in [-0.1, -0.05) is 0 Å². The van der Waals surface area contributed by atoms with Gasteiger partial charge in [-0.2, -0.15) is 16.9 Å². The van der Waals surface area contributed by atoms with Gasteiger partial charge in [-0.15, -0.1) is 0 Å². The molecule has 0 unspecified atom stereocenters. The summed E-state index contributed by atoms with van der Waals surface area (Å²) in [6, 6.07) is 7.96. The lowest BCUT2D eigenvalue weighted by atomic mass is 10.3. The first kappa shape index (κ1) is 15.1. The second kappa shape index (κ2) is 6.41. The molecular weight excluding hydrogens is 299 g/mol. The van der Waals surface area contributed by atoms with E-state index in [4.69, 9.17) is 0 Å². The molecule has 0 saturated carbocycles. The zero-order chi connectivity index (χ0) is 14.6. The highest BCUT2D eigenvalue weighted by Gasteiger charge is 2.04. The normalized spacial score (nSPS) is 11.7. The van der Waals surface area contributed by atoms with Gasteiger partial charge < -0.3 is 0 Å². The molecule has 1 heterocycles. The van der Waals surface area contributed by atoms with E-state index >= 15 is 0 Å². The number of hydrogen-bond donors (Lipinski definition) is 0. The van der Waals surface area contributed by atoms with Crippen molar-refractivity contribution in [3.8, 4) is 5.69 Å². The smallest absolute Gasteiger partial charge is 0.148 e. The average Bonchev–Trinajstić information content (AvgIpc) is 2.83. The molecule has 0 aliphatic rings. The molecule has 20 heavy (non-hydrogen) atoms. The standard InChI is InChI=1S/C13H15FN2O2S2/c1-20(17,18)9-8-19-10-12-6-7-16(15-12)13-4-2-11(14)3-5-13/h2-7H,8-10H2,1H3. The SMILES string of the molecule is CS(=O)(=O)CCSCc1ccn(-c2ccc(F)cc2)n1. The summed E-state index contributed by atoms with van der Waals surface area (Å²) in [5, 5.41) is 4.37. The molecule has 0 saturated heterocycles. The number of halogens is 1. The van der Waals surface area contributed by atoms with Crippen molar-refractivity contribution in [3.05, 3.63) is 48.0 Å². The summed E-state index contributed by atoms with van der Waals surface area (Å²) in [6.07, 6.45) is 3.04. The van der Waals surface area contributed by atoms with Crippen LogP contribution in [-0.2, 0) is 15.6 Å². The molecule has 0 aliphatic carbocycles. The Bertz CT molecular complexity index is 666. The third kappa shape index (κ3) is 4.64. The molecule has 0 fully saturated rings. The predicted molar refractivity (Wildman–Crippen MR) is 79.4 cm³/mol. The molecule has 0 bridgehead atoms. The number of nitrogens with zero attached hydrogens (tertiary/aromatic N) is 2. The fourth-order valence-electron chi connectivity index (χ4n) is 1.56. The zero-order valence-electron chi connectivity index (χ0n) is 11.0. The summed E-state index contributed by atoms with van der Waals surface area (Å²) in [5.41, 5.74) is 1.66. The Morgan fingerprint density at radius 1 is 1.25 bits per heavy atom.